The quantitative estimate of drug-likeness (QED) is 0.614. The molecule has 0 heterocycles. The zero-order valence-electron chi connectivity index (χ0n) is 7.83. The maximum absolute atomic E-state index is 9.65. The van der Waals surface area contributed by atoms with Crippen molar-refractivity contribution < 1.29 is 9.84 Å². The van der Waals surface area contributed by atoms with E-state index in [4.69, 9.17) is 22.8 Å². The Morgan fingerprint density at radius 2 is 2.36 bits per heavy atom. The summed E-state index contributed by atoms with van der Waals surface area (Å²) in [7, 11) is 0. The Balaban J connectivity index is 2.74. The predicted octanol–water partition coefficient (Wildman–Crippen LogP) is 2.45. The summed E-state index contributed by atoms with van der Waals surface area (Å²) >= 11 is 5.75. The molecule has 3 heteroatoms. The van der Waals surface area contributed by atoms with Gasteiger partial charge in [-0.1, -0.05) is 23.6 Å². The average molecular weight is 211 g/mol. The van der Waals surface area contributed by atoms with Gasteiger partial charge in [-0.2, -0.15) is 0 Å². The van der Waals surface area contributed by atoms with E-state index in [-0.39, 0.29) is 6.42 Å². The van der Waals surface area contributed by atoms with Crippen LogP contribution in [0, 0.1) is 12.3 Å². The Morgan fingerprint density at radius 3 is 2.93 bits per heavy atom. The van der Waals surface area contributed by atoms with Crippen molar-refractivity contribution >= 4 is 11.6 Å². The number of hydrogen-bond acceptors (Lipinski definition) is 2. The van der Waals surface area contributed by atoms with E-state index in [1.807, 2.05) is 0 Å². The van der Waals surface area contributed by atoms with Crippen LogP contribution in [0.3, 0.4) is 0 Å². The highest BCUT2D eigenvalue weighted by Crippen LogP contribution is 2.22. The topological polar surface area (TPSA) is 29.5 Å². The van der Waals surface area contributed by atoms with Crippen LogP contribution < -0.4 is 4.74 Å². The Morgan fingerprint density at radius 1 is 1.64 bits per heavy atom. The van der Waals surface area contributed by atoms with Crippen molar-refractivity contribution in [2.45, 2.75) is 19.1 Å². The number of aliphatic hydroxyl groups is 1. The Hall–Kier alpha value is -1.17. The first-order valence-corrected chi connectivity index (χ1v) is 4.52. The highest BCUT2D eigenvalue weighted by Gasteiger charge is 2.20. The van der Waals surface area contributed by atoms with E-state index in [1.54, 1.807) is 24.3 Å². The number of hydrogen-bond donors (Lipinski definition) is 1. The highest BCUT2D eigenvalue weighted by molar-refractivity contribution is 6.30. The molecule has 0 aliphatic rings. The summed E-state index contributed by atoms with van der Waals surface area (Å²) in [6.07, 6.45) is 5.21. The van der Waals surface area contributed by atoms with E-state index in [0.29, 0.717) is 10.8 Å². The fourth-order valence-corrected chi connectivity index (χ4v) is 1.19. The molecule has 1 aromatic carbocycles. The summed E-state index contributed by atoms with van der Waals surface area (Å²) in [5, 5.41) is 10.2. The average Bonchev–Trinajstić information content (AvgIpc) is 2.02. The molecule has 0 aromatic heterocycles. The Kier molecular flexibility index (Phi) is 3.40. The molecular weight excluding hydrogens is 200 g/mol. The van der Waals surface area contributed by atoms with Gasteiger partial charge in [0.25, 0.3) is 0 Å². The molecule has 0 bridgehead atoms. The molecule has 1 aromatic rings. The first-order valence-electron chi connectivity index (χ1n) is 4.14. The molecule has 0 saturated carbocycles. The van der Waals surface area contributed by atoms with E-state index in [9.17, 15) is 5.11 Å². The van der Waals surface area contributed by atoms with E-state index >= 15 is 0 Å². The van der Waals surface area contributed by atoms with E-state index < -0.39 is 5.79 Å². The molecule has 14 heavy (non-hydrogen) atoms. The first kappa shape index (κ1) is 10.9. The lowest BCUT2D eigenvalue weighted by atomic mass is 10.2. The minimum absolute atomic E-state index is 0.125. The molecule has 1 N–H and O–H groups in total. The van der Waals surface area contributed by atoms with Crippen LogP contribution in [0.25, 0.3) is 0 Å². The third-order valence-corrected chi connectivity index (χ3v) is 1.80. The van der Waals surface area contributed by atoms with Gasteiger partial charge in [-0.25, -0.2) is 0 Å². The Labute approximate surface area is 88.5 Å². The zero-order valence-corrected chi connectivity index (χ0v) is 8.58. The van der Waals surface area contributed by atoms with Crippen molar-refractivity contribution in [3.05, 3.63) is 29.3 Å². The van der Waals surface area contributed by atoms with Crippen LogP contribution in [0.15, 0.2) is 24.3 Å². The van der Waals surface area contributed by atoms with Crippen LogP contribution in [-0.2, 0) is 0 Å². The van der Waals surface area contributed by atoms with Crippen molar-refractivity contribution in [3.8, 4) is 18.1 Å². The standard InChI is InChI=1S/C11H11ClO2/c1-3-7-11(2,13)14-10-6-4-5-9(12)8-10/h1,4-6,8,13H,7H2,2H3. The molecule has 0 amide bonds. The molecule has 1 rings (SSSR count). The SMILES string of the molecule is C#CCC(C)(O)Oc1cccc(Cl)c1. The van der Waals surface area contributed by atoms with Crippen molar-refractivity contribution in [2.24, 2.45) is 0 Å². The third kappa shape index (κ3) is 3.29. The summed E-state index contributed by atoms with van der Waals surface area (Å²) in [5.41, 5.74) is 0. The number of ether oxygens (including phenoxy) is 1. The van der Waals surface area contributed by atoms with Crippen LogP contribution >= 0.6 is 11.6 Å². The minimum atomic E-state index is -1.35. The normalized spacial score (nSPS) is 14.1. The summed E-state index contributed by atoms with van der Waals surface area (Å²) in [4.78, 5) is 0. The number of benzene rings is 1. The Bertz CT molecular complexity index is 353. The summed E-state index contributed by atoms with van der Waals surface area (Å²) in [6, 6.07) is 6.79. The molecule has 0 saturated heterocycles. The maximum atomic E-state index is 9.65. The smallest absolute Gasteiger partial charge is 0.216 e. The van der Waals surface area contributed by atoms with Crippen molar-refractivity contribution in [3.63, 3.8) is 0 Å². The molecule has 1 unspecified atom stereocenters. The molecule has 0 aliphatic carbocycles. The monoisotopic (exact) mass is 210 g/mol. The molecule has 1 atom stereocenters. The van der Waals surface area contributed by atoms with Crippen LogP contribution in [-0.4, -0.2) is 10.9 Å². The van der Waals surface area contributed by atoms with Gasteiger partial charge in [0.05, 0.1) is 6.42 Å². The van der Waals surface area contributed by atoms with Crippen LogP contribution in [0.1, 0.15) is 13.3 Å². The molecule has 74 valence electrons. The molecule has 2 nitrogen and oxygen atoms in total. The van der Waals surface area contributed by atoms with Gasteiger partial charge in [-0.15, -0.1) is 6.42 Å². The number of terminal acetylenes is 1. The minimum Gasteiger partial charge on any atom is -0.462 e. The molecule has 0 aliphatic heterocycles. The van der Waals surface area contributed by atoms with Crippen molar-refractivity contribution in [1.82, 2.24) is 0 Å². The van der Waals surface area contributed by atoms with Gasteiger partial charge < -0.3 is 9.84 Å². The summed E-state index contributed by atoms with van der Waals surface area (Å²) < 4.78 is 5.25. The largest absolute Gasteiger partial charge is 0.462 e. The van der Waals surface area contributed by atoms with E-state index in [0.717, 1.165) is 0 Å². The summed E-state index contributed by atoms with van der Waals surface area (Å²) in [5.74, 6) is 1.48. The summed E-state index contributed by atoms with van der Waals surface area (Å²) in [6.45, 7) is 1.51. The second-order valence-electron chi connectivity index (χ2n) is 3.12. The fraction of sp³-hybridized carbons (Fsp3) is 0.273. The van der Waals surface area contributed by atoms with Crippen LogP contribution in [0.4, 0.5) is 0 Å². The van der Waals surface area contributed by atoms with Crippen LogP contribution in [0.5, 0.6) is 5.75 Å². The highest BCUT2D eigenvalue weighted by atomic mass is 35.5. The number of halogens is 1. The molecule has 0 spiro atoms. The lowest BCUT2D eigenvalue weighted by molar-refractivity contribution is -0.116. The molecular formula is C11H11ClO2. The fourth-order valence-electron chi connectivity index (χ4n) is 1.01. The van der Waals surface area contributed by atoms with Crippen LogP contribution in [0.2, 0.25) is 5.02 Å². The van der Waals surface area contributed by atoms with Crippen molar-refractivity contribution in [1.29, 1.82) is 0 Å². The second kappa shape index (κ2) is 4.36. The van der Waals surface area contributed by atoms with Crippen molar-refractivity contribution in [2.75, 3.05) is 0 Å². The van der Waals surface area contributed by atoms with Gasteiger partial charge in [0.1, 0.15) is 5.75 Å². The first-order chi connectivity index (χ1) is 6.53. The van der Waals surface area contributed by atoms with E-state index in [1.165, 1.54) is 6.92 Å². The lowest BCUT2D eigenvalue weighted by Crippen LogP contribution is -2.31. The third-order valence-electron chi connectivity index (χ3n) is 1.56. The van der Waals surface area contributed by atoms with Gasteiger partial charge in [0.15, 0.2) is 0 Å². The molecule has 0 fully saturated rings. The maximum Gasteiger partial charge on any atom is 0.216 e. The number of rotatable bonds is 3. The van der Waals surface area contributed by atoms with Gasteiger partial charge in [0.2, 0.25) is 5.79 Å². The zero-order chi connectivity index (χ0) is 10.6. The van der Waals surface area contributed by atoms with Gasteiger partial charge in [-0.3, -0.25) is 0 Å². The van der Waals surface area contributed by atoms with Gasteiger partial charge in [-0.05, 0) is 18.2 Å². The van der Waals surface area contributed by atoms with Gasteiger partial charge >= 0.3 is 0 Å². The van der Waals surface area contributed by atoms with E-state index in [2.05, 4.69) is 5.92 Å². The van der Waals surface area contributed by atoms with Gasteiger partial charge in [0, 0.05) is 11.9 Å². The lowest BCUT2D eigenvalue weighted by Gasteiger charge is -2.22. The second-order valence-corrected chi connectivity index (χ2v) is 3.55. The predicted molar refractivity (Wildman–Crippen MR) is 56.2 cm³/mol. The molecule has 0 radical (unpaired) electrons.